The van der Waals surface area contributed by atoms with Gasteiger partial charge in [-0.25, -0.2) is 8.78 Å². The van der Waals surface area contributed by atoms with Crippen molar-refractivity contribution in [1.29, 1.82) is 0 Å². The predicted molar refractivity (Wildman–Crippen MR) is 63.6 cm³/mol. The van der Waals surface area contributed by atoms with Gasteiger partial charge in [0.15, 0.2) is 5.82 Å². The van der Waals surface area contributed by atoms with Crippen LogP contribution in [0.15, 0.2) is 16.6 Å². The molecule has 2 aromatic rings. The van der Waals surface area contributed by atoms with E-state index in [4.69, 9.17) is 11.6 Å². The predicted octanol–water partition coefficient (Wildman–Crippen LogP) is 3.26. The van der Waals surface area contributed by atoms with Crippen LogP contribution in [0.5, 0.6) is 0 Å². The van der Waals surface area contributed by atoms with E-state index < -0.39 is 11.6 Å². The molecule has 1 aromatic heterocycles. The molecule has 0 aliphatic rings. The van der Waals surface area contributed by atoms with Crippen LogP contribution in [0.3, 0.4) is 0 Å². The molecule has 0 bridgehead atoms. The lowest BCUT2D eigenvalue weighted by Crippen LogP contribution is -2.00. The zero-order valence-electron chi connectivity index (χ0n) is 8.72. The van der Waals surface area contributed by atoms with Crippen LogP contribution in [-0.2, 0) is 12.9 Å². The number of rotatable bonds is 2. The van der Waals surface area contributed by atoms with Crippen molar-refractivity contribution in [3.8, 4) is 11.4 Å². The average Bonchev–Trinajstić information content (AvgIpc) is 2.59. The minimum absolute atomic E-state index is 0.114. The topological polar surface area (TPSA) is 30.7 Å². The minimum atomic E-state index is -0.700. The van der Waals surface area contributed by atoms with E-state index in [1.165, 1.54) is 16.7 Å². The maximum atomic E-state index is 13.7. The Hall–Kier alpha value is -1.01. The molecular weight excluding hydrogens is 315 g/mol. The van der Waals surface area contributed by atoms with Crippen LogP contribution < -0.4 is 0 Å². The van der Waals surface area contributed by atoms with Crippen LogP contribution in [0.1, 0.15) is 5.82 Å². The minimum Gasteiger partial charge on any atom is -0.313 e. The van der Waals surface area contributed by atoms with E-state index in [-0.39, 0.29) is 17.3 Å². The second-order valence-electron chi connectivity index (χ2n) is 3.38. The fraction of sp³-hybridized carbons (Fsp3) is 0.200. The summed E-state index contributed by atoms with van der Waals surface area (Å²) in [4.78, 5) is 0. The molecule has 0 unspecified atom stereocenters. The monoisotopic (exact) mass is 321 g/mol. The molecule has 0 aliphatic heterocycles. The SMILES string of the molecule is Cn1c(CCl)nnc1-c1c(F)cc(Br)cc1F. The number of alkyl halides is 1. The van der Waals surface area contributed by atoms with Gasteiger partial charge in [0.1, 0.15) is 17.5 Å². The molecule has 0 saturated carbocycles. The van der Waals surface area contributed by atoms with E-state index in [2.05, 4.69) is 26.1 Å². The van der Waals surface area contributed by atoms with Crippen molar-refractivity contribution in [3.63, 3.8) is 0 Å². The first-order valence-electron chi connectivity index (χ1n) is 4.63. The van der Waals surface area contributed by atoms with Gasteiger partial charge in [0.05, 0.1) is 11.4 Å². The fourth-order valence-corrected chi connectivity index (χ4v) is 2.09. The third kappa shape index (κ3) is 2.19. The molecule has 0 fully saturated rings. The molecule has 0 amide bonds. The summed E-state index contributed by atoms with van der Waals surface area (Å²) in [7, 11) is 1.61. The highest BCUT2D eigenvalue weighted by Crippen LogP contribution is 2.27. The smallest absolute Gasteiger partial charge is 0.169 e. The Morgan fingerprint density at radius 3 is 2.35 bits per heavy atom. The second kappa shape index (κ2) is 4.70. The third-order valence-electron chi connectivity index (χ3n) is 2.32. The van der Waals surface area contributed by atoms with Crippen molar-refractivity contribution in [3.05, 3.63) is 34.1 Å². The van der Waals surface area contributed by atoms with Gasteiger partial charge in [0, 0.05) is 11.5 Å². The number of halogens is 4. The Balaban J connectivity index is 2.64. The van der Waals surface area contributed by atoms with Crippen molar-refractivity contribution in [2.75, 3.05) is 0 Å². The lowest BCUT2D eigenvalue weighted by molar-refractivity contribution is 0.584. The molecule has 0 atom stereocenters. The number of benzene rings is 1. The molecule has 17 heavy (non-hydrogen) atoms. The molecule has 7 heteroatoms. The molecule has 1 aromatic carbocycles. The van der Waals surface area contributed by atoms with Crippen LogP contribution in [-0.4, -0.2) is 14.8 Å². The normalized spacial score (nSPS) is 10.9. The third-order valence-corrected chi connectivity index (χ3v) is 3.01. The Kier molecular flexibility index (Phi) is 3.44. The van der Waals surface area contributed by atoms with Crippen molar-refractivity contribution in [2.45, 2.75) is 5.88 Å². The maximum Gasteiger partial charge on any atom is 0.169 e. The van der Waals surface area contributed by atoms with Gasteiger partial charge in [-0.15, -0.1) is 21.8 Å². The van der Waals surface area contributed by atoms with Crippen LogP contribution in [0.25, 0.3) is 11.4 Å². The number of nitrogens with zero attached hydrogens (tertiary/aromatic N) is 3. The van der Waals surface area contributed by atoms with Crippen LogP contribution in [0, 0.1) is 11.6 Å². The highest BCUT2D eigenvalue weighted by molar-refractivity contribution is 9.10. The summed E-state index contributed by atoms with van der Waals surface area (Å²) in [6.07, 6.45) is 0. The van der Waals surface area contributed by atoms with Crippen LogP contribution >= 0.6 is 27.5 Å². The number of aromatic nitrogens is 3. The van der Waals surface area contributed by atoms with Gasteiger partial charge >= 0.3 is 0 Å². The molecule has 0 aliphatic carbocycles. The highest BCUT2D eigenvalue weighted by atomic mass is 79.9. The fourth-order valence-electron chi connectivity index (χ4n) is 1.45. The number of hydrogen-bond acceptors (Lipinski definition) is 2. The summed E-state index contributed by atoms with van der Waals surface area (Å²) in [5, 5.41) is 7.49. The first-order chi connectivity index (χ1) is 8.04. The van der Waals surface area contributed by atoms with Gasteiger partial charge in [-0.2, -0.15) is 0 Å². The number of hydrogen-bond donors (Lipinski definition) is 0. The average molecular weight is 323 g/mol. The van der Waals surface area contributed by atoms with Crippen LogP contribution in [0.4, 0.5) is 8.78 Å². The zero-order valence-corrected chi connectivity index (χ0v) is 11.1. The molecule has 0 N–H and O–H groups in total. The molecule has 2 rings (SSSR count). The first-order valence-corrected chi connectivity index (χ1v) is 5.96. The summed E-state index contributed by atoms with van der Waals surface area (Å²) in [5.74, 6) is -0.711. The van der Waals surface area contributed by atoms with E-state index in [0.717, 1.165) is 0 Å². The quantitative estimate of drug-likeness (QED) is 0.795. The van der Waals surface area contributed by atoms with E-state index >= 15 is 0 Å². The first kappa shape index (κ1) is 12.4. The van der Waals surface area contributed by atoms with Gasteiger partial charge in [-0.3, -0.25) is 0 Å². The Morgan fingerprint density at radius 1 is 1.29 bits per heavy atom. The standard InChI is InChI=1S/C10H7BrClF2N3/c1-17-8(4-12)15-16-10(17)9-6(13)2-5(11)3-7(9)14/h2-3H,4H2,1H3. The lowest BCUT2D eigenvalue weighted by atomic mass is 10.2. The van der Waals surface area contributed by atoms with Crippen molar-refractivity contribution >= 4 is 27.5 Å². The molecule has 0 spiro atoms. The molecule has 3 nitrogen and oxygen atoms in total. The van der Waals surface area contributed by atoms with Crippen molar-refractivity contribution in [1.82, 2.24) is 14.8 Å². The van der Waals surface area contributed by atoms with Crippen LogP contribution in [0.2, 0.25) is 0 Å². The van der Waals surface area contributed by atoms with Gasteiger partial charge in [-0.1, -0.05) is 15.9 Å². The van der Waals surface area contributed by atoms with Gasteiger partial charge < -0.3 is 4.57 Å². The summed E-state index contributed by atoms with van der Waals surface area (Å²) < 4.78 is 29.2. The zero-order chi connectivity index (χ0) is 12.6. The highest BCUT2D eigenvalue weighted by Gasteiger charge is 2.19. The molecule has 90 valence electrons. The second-order valence-corrected chi connectivity index (χ2v) is 4.56. The van der Waals surface area contributed by atoms with E-state index in [0.29, 0.717) is 10.3 Å². The Morgan fingerprint density at radius 2 is 1.88 bits per heavy atom. The Labute approximate surface area is 110 Å². The largest absolute Gasteiger partial charge is 0.313 e. The maximum absolute atomic E-state index is 13.7. The van der Waals surface area contributed by atoms with E-state index in [9.17, 15) is 8.78 Å². The molecule has 0 saturated heterocycles. The van der Waals surface area contributed by atoms with E-state index in [1.54, 1.807) is 7.05 Å². The summed E-state index contributed by atoms with van der Waals surface area (Å²) in [6.45, 7) is 0. The van der Waals surface area contributed by atoms with Crippen molar-refractivity contribution < 1.29 is 8.78 Å². The van der Waals surface area contributed by atoms with Gasteiger partial charge in [-0.05, 0) is 12.1 Å². The lowest BCUT2D eigenvalue weighted by Gasteiger charge is -2.05. The van der Waals surface area contributed by atoms with Crippen molar-refractivity contribution in [2.24, 2.45) is 7.05 Å². The van der Waals surface area contributed by atoms with Gasteiger partial charge in [0.25, 0.3) is 0 Å². The summed E-state index contributed by atoms with van der Waals surface area (Å²) in [5.41, 5.74) is -0.209. The summed E-state index contributed by atoms with van der Waals surface area (Å²) in [6, 6.07) is 2.35. The van der Waals surface area contributed by atoms with E-state index in [1.807, 2.05) is 0 Å². The molecule has 0 radical (unpaired) electrons. The molecular formula is C10H7BrClF2N3. The Bertz CT molecular complexity index is 548. The molecule has 1 heterocycles. The summed E-state index contributed by atoms with van der Waals surface area (Å²) >= 11 is 8.63. The van der Waals surface area contributed by atoms with Gasteiger partial charge in [0.2, 0.25) is 0 Å².